The van der Waals surface area contributed by atoms with E-state index in [1.807, 2.05) is 6.92 Å². The van der Waals surface area contributed by atoms with E-state index in [0.717, 1.165) is 11.8 Å². The van der Waals surface area contributed by atoms with E-state index in [-0.39, 0.29) is 29.3 Å². The van der Waals surface area contributed by atoms with Gasteiger partial charge in [-0.05, 0) is 48.4 Å². The molecular weight excluding hydrogens is 446 g/mol. The van der Waals surface area contributed by atoms with Gasteiger partial charge in [0, 0.05) is 6.20 Å². The highest BCUT2D eigenvalue weighted by Crippen LogP contribution is 2.26. The van der Waals surface area contributed by atoms with Crippen molar-refractivity contribution in [1.82, 2.24) is 14.5 Å². The minimum Gasteiger partial charge on any atom is -0.323 e. The maximum atomic E-state index is 14.0. The molecule has 0 spiro atoms. The van der Waals surface area contributed by atoms with Crippen molar-refractivity contribution in [3.63, 3.8) is 0 Å². The minimum absolute atomic E-state index is 0.0818. The molecule has 0 aliphatic rings. The standard InChI is InChI=1S/C24H20F2N4O2S/c1-2-20(22(31)28-19-8-4-3-7-18(19)26)33-24-29-21-17(6-5-13-27-21)23(32)30(24)14-15-9-11-16(25)12-10-15/h3-13,20H,2,14H2,1H3,(H,28,31)/t20-/m0/s1. The van der Waals surface area contributed by atoms with Gasteiger partial charge in [-0.15, -0.1) is 0 Å². The summed E-state index contributed by atoms with van der Waals surface area (Å²) in [7, 11) is 0. The molecule has 0 aliphatic heterocycles. The molecule has 0 fully saturated rings. The summed E-state index contributed by atoms with van der Waals surface area (Å²) < 4.78 is 28.8. The molecule has 4 rings (SSSR count). The molecule has 4 aromatic rings. The second-order valence-corrected chi connectivity index (χ2v) is 8.44. The Labute approximate surface area is 192 Å². The van der Waals surface area contributed by atoms with Crippen molar-refractivity contribution in [2.24, 2.45) is 0 Å². The number of amides is 1. The fourth-order valence-electron chi connectivity index (χ4n) is 3.26. The molecule has 1 amide bonds. The maximum Gasteiger partial charge on any atom is 0.263 e. The summed E-state index contributed by atoms with van der Waals surface area (Å²) in [5.41, 5.74) is 0.738. The normalized spacial score (nSPS) is 12.0. The van der Waals surface area contributed by atoms with Gasteiger partial charge < -0.3 is 5.32 Å². The van der Waals surface area contributed by atoms with Crippen molar-refractivity contribution >= 4 is 34.4 Å². The van der Waals surface area contributed by atoms with Gasteiger partial charge in [-0.1, -0.05) is 43.0 Å². The molecule has 1 atom stereocenters. The Morgan fingerprint density at radius 2 is 1.85 bits per heavy atom. The van der Waals surface area contributed by atoms with Gasteiger partial charge in [0.25, 0.3) is 5.56 Å². The molecule has 0 saturated heterocycles. The van der Waals surface area contributed by atoms with Crippen LogP contribution < -0.4 is 10.9 Å². The van der Waals surface area contributed by atoms with Gasteiger partial charge in [-0.3, -0.25) is 14.2 Å². The predicted octanol–water partition coefficient (Wildman–Crippen LogP) is 4.63. The molecule has 9 heteroatoms. The number of fused-ring (bicyclic) bond motifs is 1. The van der Waals surface area contributed by atoms with Crippen LogP contribution in [0.1, 0.15) is 18.9 Å². The lowest BCUT2D eigenvalue weighted by molar-refractivity contribution is -0.115. The second kappa shape index (κ2) is 9.91. The number of nitrogens with zero attached hydrogens (tertiary/aromatic N) is 3. The van der Waals surface area contributed by atoms with E-state index in [1.165, 1.54) is 41.1 Å². The van der Waals surface area contributed by atoms with Crippen molar-refractivity contribution < 1.29 is 13.6 Å². The number of benzene rings is 2. The van der Waals surface area contributed by atoms with Crippen molar-refractivity contribution in [3.05, 3.63) is 94.4 Å². The van der Waals surface area contributed by atoms with Crippen LogP contribution in [0.3, 0.4) is 0 Å². The van der Waals surface area contributed by atoms with Crippen molar-refractivity contribution in [3.8, 4) is 0 Å². The highest BCUT2D eigenvalue weighted by molar-refractivity contribution is 8.00. The molecular formula is C24H20F2N4O2S. The predicted molar refractivity (Wildman–Crippen MR) is 124 cm³/mol. The van der Waals surface area contributed by atoms with Crippen LogP contribution in [0.15, 0.2) is 76.8 Å². The maximum absolute atomic E-state index is 14.0. The van der Waals surface area contributed by atoms with E-state index in [4.69, 9.17) is 0 Å². The van der Waals surface area contributed by atoms with E-state index in [2.05, 4.69) is 15.3 Å². The number of aromatic nitrogens is 3. The van der Waals surface area contributed by atoms with Gasteiger partial charge in [-0.2, -0.15) is 0 Å². The summed E-state index contributed by atoms with van der Waals surface area (Å²) in [6.45, 7) is 1.96. The number of thioether (sulfide) groups is 1. The zero-order chi connectivity index (χ0) is 23.4. The molecule has 6 nitrogen and oxygen atoms in total. The smallest absolute Gasteiger partial charge is 0.263 e. The Morgan fingerprint density at radius 3 is 2.58 bits per heavy atom. The number of hydrogen-bond donors (Lipinski definition) is 1. The van der Waals surface area contributed by atoms with Crippen LogP contribution in [0.2, 0.25) is 0 Å². The Morgan fingerprint density at radius 1 is 1.09 bits per heavy atom. The lowest BCUT2D eigenvalue weighted by atomic mass is 10.2. The number of rotatable bonds is 7. The monoisotopic (exact) mass is 466 g/mol. The molecule has 2 aromatic carbocycles. The topological polar surface area (TPSA) is 76.9 Å². The van der Waals surface area contributed by atoms with E-state index >= 15 is 0 Å². The summed E-state index contributed by atoms with van der Waals surface area (Å²) in [4.78, 5) is 34.8. The Hall–Kier alpha value is -3.59. The Balaban J connectivity index is 1.70. The number of hydrogen-bond acceptors (Lipinski definition) is 5. The third kappa shape index (κ3) is 5.09. The average Bonchev–Trinajstić information content (AvgIpc) is 2.82. The molecule has 0 aliphatic carbocycles. The van der Waals surface area contributed by atoms with E-state index < -0.39 is 17.0 Å². The van der Waals surface area contributed by atoms with Crippen LogP contribution in [0.25, 0.3) is 11.0 Å². The third-order valence-corrected chi connectivity index (χ3v) is 6.35. The van der Waals surface area contributed by atoms with Gasteiger partial charge in [0.15, 0.2) is 10.8 Å². The SMILES string of the molecule is CC[C@H](Sc1nc2ncccc2c(=O)n1Cc1ccc(F)cc1)C(=O)Nc1ccccc1F. The zero-order valence-electron chi connectivity index (χ0n) is 17.7. The summed E-state index contributed by atoms with van der Waals surface area (Å²) in [6, 6.07) is 15.0. The van der Waals surface area contributed by atoms with Crippen molar-refractivity contribution in [2.45, 2.75) is 30.3 Å². The fraction of sp³-hybridized carbons (Fsp3) is 0.167. The van der Waals surface area contributed by atoms with Crippen LogP contribution in [-0.2, 0) is 11.3 Å². The van der Waals surface area contributed by atoms with Gasteiger partial charge in [-0.25, -0.2) is 18.7 Å². The highest BCUT2D eigenvalue weighted by atomic mass is 32.2. The number of nitrogens with one attached hydrogen (secondary N) is 1. The van der Waals surface area contributed by atoms with Crippen LogP contribution >= 0.6 is 11.8 Å². The summed E-state index contributed by atoms with van der Waals surface area (Å²) in [5.74, 6) is -1.32. The first kappa shape index (κ1) is 22.6. The molecule has 0 bridgehead atoms. The number of carbonyl (C=O) groups excluding carboxylic acids is 1. The van der Waals surface area contributed by atoms with Crippen LogP contribution in [0.4, 0.5) is 14.5 Å². The number of pyridine rings is 1. The zero-order valence-corrected chi connectivity index (χ0v) is 18.5. The van der Waals surface area contributed by atoms with Gasteiger partial charge >= 0.3 is 0 Å². The van der Waals surface area contributed by atoms with Crippen molar-refractivity contribution in [2.75, 3.05) is 5.32 Å². The van der Waals surface area contributed by atoms with E-state index in [1.54, 1.807) is 30.3 Å². The van der Waals surface area contributed by atoms with E-state index in [0.29, 0.717) is 22.5 Å². The largest absolute Gasteiger partial charge is 0.323 e. The lowest BCUT2D eigenvalue weighted by Gasteiger charge is -2.18. The lowest BCUT2D eigenvalue weighted by Crippen LogP contribution is -2.29. The number of carbonyl (C=O) groups is 1. The summed E-state index contributed by atoms with van der Waals surface area (Å²) >= 11 is 1.10. The minimum atomic E-state index is -0.642. The Kier molecular flexibility index (Phi) is 6.79. The van der Waals surface area contributed by atoms with E-state index in [9.17, 15) is 18.4 Å². The van der Waals surface area contributed by atoms with Gasteiger partial charge in [0.1, 0.15) is 11.6 Å². The second-order valence-electron chi connectivity index (χ2n) is 7.27. The van der Waals surface area contributed by atoms with Crippen LogP contribution in [0, 0.1) is 11.6 Å². The molecule has 0 saturated carbocycles. The van der Waals surface area contributed by atoms with Crippen molar-refractivity contribution in [1.29, 1.82) is 0 Å². The average molecular weight is 467 g/mol. The molecule has 1 N–H and O–H groups in total. The fourth-order valence-corrected chi connectivity index (χ4v) is 4.26. The molecule has 168 valence electrons. The summed E-state index contributed by atoms with van der Waals surface area (Å²) in [5, 5.41) is 2.60. The highest BCUT2D eigenvalue weighted by Gasteiger charge is 2.23. The Bertz CT molecular complexity index is 1360. The number of halogens is 2. The van der Waals surface area contributed by atoms with Gasteiger partial charge in [0.05, 0.1) is 22.9 Å². The quantitative estimate of drug-likeness (QED) is 0.318. The molecule has 0 radical (unpaired) electrons. The first-order valence-corrected chi connectivity index (χ1v) is 11.2. The molecule has 33 heavy (non-hydrogen) atoms. The number of anilines is 1. The molecule has 0 unspecified atom stereocenters. The molecule has 2 heterocycles. The van der Waals surface area contributed by atoms with Crippen LogP contribution in [0.5, 0.6) is 0 Å². The molecule has 2 aromatic heterocycles. The van der Waals surface area contributed by atoms with Gasteiger partial charge in [0.2, 0.25) is 5.91 Å². The first-order chi connectivity index (χ1) is 16.0. The summed E-state index contributed by atoms with van der Waals surface area (Å²) in [6.07, 6.45) is 1.95. The third-order valence-electron chi connectivity index (χ3n) is 4.99. The first-order valence-electron chi connectivity index (χ1n) is 10.3. The number of para-hydroxylation sites is 1. The van der Waals surface area contributed by atoms with Crippen LogP contribution in [-0.4, -0.2) is 25.7 Å².